The molecule has 0 saturated carbocycles. The number of halogens is 1. The van der Waals surface area contributed by atoms with Crippen LogP contribution < -0.4 is 0 Å². The van der Waals surface area contributed by atoms with Crippen LogP contribution in [0.25, 0.3) is 0 Å². The lowest BCUT2D eigenvalue weighted by Gasteiger charge is -2.02. The second kappa shape index (κ2) is 4.59. The molecule has 0 bridgehead atoms. The van der Waals surface area contributed by atoms with Gasteiger partial charge in [-0.1, -0.05) is 17.7 Å². The van der Waals surface area contributed by atoms with Crippen LogP contribution in [0.15, 0.2) is 41.8 Å². The molecule has 0 unspecified atom stereocenters. The Balaban J connectivity index is 2.93. The molecule has 75 valence electrons. The number of hydrogen-bond acceptors (Lipinski definition) is 3. The van der Waals surface area contributed by atoms with Gasteiger partial charge in [0.2, 0.25) is 0 Å². The minimum atomic E-state index is -3.72. The summed E-state index contributed by atoms with van der Waals surface area (Å²) in [7, 11) is -3.72. The van der Waals surface area contributed by atoms with Gasteiger partial charge in [0.05, 0.1) is 4.90 Å². The van der Waals surface area contributed by atoms with Crippen LogP contribution in [-0.4, -0.2) is 8.42 Å². The van der Waals surface area contributed by atoms with Gasteiger partial charge in [-0.3, -0.25) is 4.18 Å². The van der Waals surface area contributed by atoms with Gasteiger partial charge >= 0.3 is 0 Å². The molecule has 0 saturated heterocycles. The molecule has 1 rings (SSSR count). The summed E-state index contributed by atoms with van der Waals surface area (Å²) in [6, 6.07) is 5.70. The van der Waals surface area contributed by atoms with Crippen molar-refractivity contribution < 1.29 is 12.6 Å². The Hall–Kier alpha value is -0.840. The van der Waals surface area contributed by atoms with E-state index in [2.05, 4.69) is 10.8 Å². The number of hydrogen-bond donors (Lipinski definition) is 0. The van der Waals surface area contributed by atoms with Gasteiger partial charge in [0.15, 0.2) is 0 Å². The summed E-state index contributed by atoms with van der Waals surface area (Å²) in [6.07, 6.45) is 1.24. The highest BCUT2D eigenvalue weighted by atomic mass is 35.5. The van der Waals surface area contributed by atoms with E-state index in [0.29, 0.717) is 5.02 Å². The zero-order valence-corrected chi connectivity index (χ0v) is 8.75. The Kier molecular flexibility index (Phi) is 3.69. The van der Waals surface area contributed by atoms with Crippen molar-refractivity contribution in [2.75, 3.05) is 0 Å². The van der Waals surface area contributed by atoms with Gasteiger partial charge in [-0.25, -0.2) is 0 Å². The van der Waals surface area contributed by atoms with Gasteiger partial charge < -0.3 is 0 Å². The molecule has 1 aromatic rings. The average molecular weight is 232 g/mol. The summed E-state index contributed by atoms with van der Waals surface area (Å²) >= 11 is 5.61. The molecule has 5 heteroatoms. The molecule has 0 aliphatic heterocycles. The summed E-state index contributed by atoms with van der Waals surface area (Å²) in [5.74, 6) is 0. The van der Waals surface area contributed by atoms with Crippen molar-refractivity contribution in [1.82, 2.24) is 0 Å². The van der Waals surface area contributed by atoms with E-state index in [1.807, 2.05) is 0 Å². The van der Waals surface area contributed by atoms with Gasteiger partial charge in [-0.2, -0.15) is 8.42 Å². The number of rotatable bonds is 4. The molecular formula is C9H8ClO3S. The molecular weight excluding hydrogens is 224 g/mol. The Bertz CT molecular complexity index is 408. The molecule has 0 heterocycles. The van der Waals surface area contributed by atoms with Crippen LogP contribution >= 0.6 is 11.6 Å². The van der Waals surface area contributed by atoms with Crippen molar-refractivity contribution >= 4 is 21.7 Å². The van der Waals surface area contributed by atoms with Crippen molar-refractivity contribution in [2.24, 2.45) is 0 Å². The fourth-order valence-corrected chi connectivity index (χ4v) is 1.70. The lowest BCUT2D eigenvalue weighted by Crippen LogP contribution is -2.03. The summed E-state index contributed by atoms with van der Waals surface area (Å²) in [5.41, 5.74) is 0. The zero-order valence-electron chi connectivity index (χ0n) is 7.18. The summed E-state index contributed by atoms with van der Waals surface area (Å²) < 4.78 is 27.2. The molecule has 0 aliphatic rings. The maximum absolute atomic E-state index is 11.4. The molecule has 0 aromatic heterocycles. The van der Waals surface area contributed by atoms with Gasteiger partial charge in [-0.15, -0.1) is 6.58 Å². The standard InChI is InChI=1S/C9H8ClO3S/c1-2-7-13-14(11,12)9-5-3-8(10)4-6-9/h2-7H,1H2. The summed E-state index contributed by atoms with van der Waals surface area (Å²) in [4.78, 5) is 0.0556. The molecule has 0 aliphatic carbocycles. The van der Waals surface area contributed by atoms with Crippen LogP contribution in [0.5, 0.6) is 0 Å². The van der Waals surface area contributed by atoms with Crippen LogP contribution in [0.2, 0.25) is 5.02 Å². The van der Waals surface area contributed by atoms with E-state index in [4.69, 9.17) is 11.6 Å². The Labute approximate surface area is 88.1 Å². The lowest BCUT2D eigenvalue weighted by atomic mass is 10.4. The normalized spacial score (nSPS) is 11.2. The first-order valence-electron chi connectivity index (χ1n) is 3.69. The van der Waals surface area contributed by atoms with Crippen LogP contribution in [0.1, 0.15) is 0 Å². The van der Waals surface area contributed by atoms with Gasteiger partial charge in [0.25, 0.3) is 10.1 Å². The Morgan fingerprint density at radius 2 is 1.86 bits per heavy atom. The van der Waals surface area contributed by atoms with Crippen molar-refractivity contribution in [1.29, 1.82) is 0 Å². The smallest absolute Gasteiger partial charge is 0.256 e. The van der Waals surface area contributed by atoms with Crippen molar-refractivity contribution in [2.45, 2.75) is 4.90 Å². The van der Waals surface area contributed by atoms with Crippen LogP contribution in [0.3, 0.4) is 0 Å². The SMILES string of the molecule is C=C[CH]OS(=O)(=O)c1ccc(Cl)cc1. The second-order valence-electron chi connectivity index (χ2n) is 2.38. The van der Waals surface area contributed by atoms with Crippen LogP contribution in [0, 0.1) is 6.61 Å². The van der Waals surface area contributed by atoms with E-state index in [0.717, 1.165) is 6.61 Å². The minimum Gasteiger partial charge on any atom is -0.256 e. The predicted octanol–water partition coefficient (Wildman–Crippen LogP) is 2.39. The molecule has 0 N–H and O–H groups in total. The highest BCUT2D eigenvalue weighted by Gasteiger charge is 2.13. The van der Waals surface area contributed by atoms with E-state index in [1.165, 1.54) is 30.3 Å². The average Bonchev–Trinajstić information content (AvgIpc) is 2.16. The zero-order chi connectivity index (χ0) is 10.6. The van der Waals surface area contributed by atoms with E-state index in [9.17, 15) is 8.42 Å². The van der Waals surface area contributed by atoms with Crippen LogP contribution in [0.4, 0.5) is 0 Å². The third kappa shape index (κ3) is 2.83. The molecule has 0 spiro atoms. The molecule has 1 aromatic carbocycles. The van der Waals surface area contributed by atoms with Gasteiger partial charge in [0.1, 0.15) is 6.61 Å². The van der Waals surface area contributed by atoms with Crippen molar-refractivity contribution in [3.8, 4) is 0 Å². The monoisotopic (exact) mass is 231 g/mol. The number of benzene rings is 1. The van der Waals surface area contributed by atoms with E-state index >= 15 is 0 Å². The molecule has 1 radical (unpaired) electrons. The molecule has 14 heavy (non-hydrogen) atoms. The first-order chi connectivity index (χ1) is 6.56. The van der Waals surface area contributed by atoms with Gasteiger partial charge in [0, 0.05) is 5.02 Å². The quantitative estimate of drug-likeness (QED) is 0.748. The Morgan fingerprint density at radius 1 is 1.29 bits per heavy atom. The first-order valence-corrected chi connectivity index (χ1v) is 5.48. The highest BCUT2D eigenvalue weighted by Crippen LogP contribution is 2.16. The van der Waals surface area contributed by atoms with Gasteiger partial charge in [-0.05, 0) is 24.3 Å². The Morgan fingerprint density at radius 3 is 2.36 bits per heavy atom. The minimum absolute atomic E-state index is 0.0556. The third-order valence-corrected chi connectivity index (χ3v) is 2.85. The highest BCUT2D eigenvalue weighted by molar-refractivity contribution is 7.86. The maximum Gasteiger partial charge on any atom is 0.297 e. The fourth-order valence-electron chi connectivity index (χ4n) is 0.769. The fraction of sp³-hybridized carbons (Fsp3) is 0. The molecule has 0 amide bonds. The van der Waals surface area contributed by atoms with E-state index in [-0.39, 0.29) is 4.90 Å². The van der Waals surface area contributed by atoms with Crippen molar-refractivity contribution in [3.05, 3.63) is 48.5 Å². The summed E-state index contributed by atoms with van der Waals surface area (Å²) in [6.45, 7) is 4.31. The van der Waals surface area contributed by atoms with Crippen LogP contribution in [-0.2, 0) is 14.3 Å². The largest absolute Gasteiger partial charge is 0.297 e. The van der Waals surface area contributed by atoms with Crippen molar-refractivity contribution in [3.63, 3.8) is 0 Å². The second-order valence-corrected chi connectivity index (χ2v) is 4.38. The predicted molar refractivity (Wildman–Crippen MR) is 54.2 cm³/mol. The molecule has 3 nitrogen and oxygen atoms in total. The topological polar surface area (TPSA) is 43.4 Å². The third-order valence-electron chi connectivity index (χ3n) is 1.38. The molecule has 0 atom stereocenters. The summed E-state index contributed by atoms with van der Waals surface area (Å²) in [5, 5.41) is 0.469. The molecule has 0 fully saturated rings. The maximum atomic E-state index is 11.4. The first kappa shape index (κ1) is 11.2. The van der Waals surface area contributed by atoms with E-state index < -0.39 is 10.1 Å². The lowest BCUT2D eigenvalue weighted by molar-refractivity contribution is 0.412. The van der Waals surface area contributed by atoms with E-state index in [1.54, 1.807) is 0 Å².